The van der Waals surface area contributed by atoms with Crippen molar-refractivity contribution in [3.63, 3.8) is 0 Å². The third-order valence-corrected chi connectivity index (χ3v) is 3.30. The summed E-state index contributed by atoms with van der Waals surface area (Å²) in [5.74, 6) is 0.862. The maximum atomic E-state index is 9.02. The summed E-state index contributed by atoms with van der Waals surface area (Å²) in [6, 6.07) is 7.72. The summed E-state index contributed by atoms with van der Waals surface area (Å²) in [6.45, 7) is 4.89. The van der Waals surface area contributed by atoms with E-state index in [4.69, 9.17) is 14.9 Å². The molecule has 0 bridgehead atoms. The Hall–Kier alpha value is -2.46. The van der Waals surface area contributed by atoms with Gasteiger partial charge in [-0.05, 0) is 42.0 Å². The summed E-state index contributed by atoms with van der Waals surface area (Å²) >= 11 is 0. The average Bonchev–Trinajstić information content (AvgIpc) is 2.89. The van der Waals surface area contributed by atoms with Gasteiger partial charge in [-0.2, -0.15) is 10.5 Å². The fourth-order valence-corrected chi connectivity index (χ4v) is 2.46. The largest absolute Gasteiger partial charge is 0.467 e. The van der Waals surface area contributed by atoms with E-state index in [1.54, 1.807) is 6.26 Å². The van der Waals surface area contributed by atoms with Crippen LogP contribution in [0.15, 0.2) is 45.7 Å². The summed E-state index contributed by atoms with van der Waals surface area (Å²) in [7, 11) is 0. The molecule has 0 saturated heterocycles. The Morgan fingerprint density at radius 1 is 1.35 bits per heavy atom. The lowest BCUT2D eigenvalue weighted by Crippen LogP contribution is -2.25. The second-order valence-corrected chi connectivity index (χ2v) is 5.74. The van der Waals surface area contributed by atoms with Gasteiger partial charge in [-0.3, -0.25) is 0 Å². The summed E-state index contributed by atoms with van der Waals surface area (Å²) < 4.78 is 5.29. The minimum absolute atomic E-state index is 0.0362. The van der Waals surface area contributed by atoms with Gasteiger partial charge in [0, 0.05) is 5.70 Å². The molecule has 4 heteroatoms. The highest BCUT2D eigenvalue weighted by molar-refractivity contribution is 5.47. The summed E-state index contributed by atoms with van der Waals surface area (Å²) in [4.78, 5) is 0. The van der Waals surface area contributed by atoms with E-state index in [2.05, 4.69) is 19.2 Å². The number of hydrogen-bond acceptors (Lipinski definition) is 4. The number of allylic oxidation sites excluding steroid dienone is 4. The topological polar surface area (TPSA) is 72.8 Å². The van der Waals surface area contributed by atoms with E-state index in [0.29, 0.717) is 6.54 Å². The van der Waals surface area contributed by atoms with Crippen LogP contribution in [0.1, 0.15) is 32.4 Å². The molecule has 0 amide bonds. The number of nitrogens with zero attached hydrogens (tertiary/aromatic N) is 2. The van der Waals surface area contributed by atoms with Gasteiger partial charge in [0.2, 0.25) is 0 Å². The van der Waals surface area contributed by atoms with Crippen molar-refractivity contribution in [1.82, 2.24) is 5.32 Å². The van der Waals surface area contributed by atoms with Gasteiger partial charge in [-0.25, -0.2) is 0 Å². The summed E-state index contributed by atoms with van der Waals surface area (Å²) in [6.07, 6.45) is 5.21. The van der Waals surface area contributed by atoms with Crippen LogP contribution in [0.4, 0.5) is 0 Å². The fraction of sp³-hybridized carbons (Fsp3) is 0.375. The van der Waals surface area contributed by atoms with Crippen LogP contribution in [-0.2, 0) is 6.54 Å². The van der Waals surface area contributed by atoms with Crippen molar-refractivity contribution in [1.29, 1.82) is 10.5 Å². The van der Waals surface area contributed by atoms with Crippen molar-refractivity contribution in [2.24, 2.45) is 5.41 Å². The molecule has 1 heterocycles. The van der Waals surface area contributed by atoms with E-state index in [0.717, 1.165) is 29.9 Å². The van der Waals surface area contributed by atoms with E-state index in [1.165, 1.54) is 0 Å². The highest BCUT2D eigenvalue weighted by atomic mass is 16.3. The molecule has 0 aliphatic heterocycles. The second kappa shape index (κ2) is 5.67. The Kier molecular flexibility index (Phi) is 3.96. The van der Waals surface area contributed by atoms with Crippen LogP contribution in [0, 0.1) is 28.1 Å². The first kappa shape index (κ1) is 14.0. The Morgan fingerprint density at radius 2 is 2.10 bits per heavy atom. The van der Waals surface area contributed by atoms with Gasteiger partial charge in [0.05, 0.1) is 12.8 Å². The minimum Gasteiger partial charge on any atom is -0.467 e. The lowest BCUT2D eigenvalue weighted by atomic mass is 9.76. The third kappa shape index (κ3) is 3.30. The third-order valence-electron chi connectivity index (χ3n) is 3.30. The van der Waals surface area contributed by atoms with Crippen LogP contribution in [-0.4, -0.2) is 0 Å². The predicted molar refractivity (Wildman–Crippen MR) is 74.9 cm³/mol. The molecule has 1 N–H and O–H groups in total. The van der Waals surface area contributed by atoms with Gasteiger partial charge in [-0.1, -0.05) is 13.8 Å². The van der Waals surface area contributed by atoms with Crippen molar-refractivity contribution in [3.8, 4) is 12.1 Å². The van der Waals surface area contributed by atoms with E-state index < -0.39 is 0 Å². The quantitative estimate of drug-likeness (QED) is 0.852. The molecule has 1 aliphatic carbocycles. The second-order valence-electron chi connectivity index (χ2n) is 5.74. The van der Waals surface area contributed by atoms with Crippen molar-refractivity contribution in [3.05, 3.63) is 47.1 Å². The molecule has 4 nitrogen and oxygen atoms in total. The Bertz CT molecular complexity index is 606. The van der Waals surface area contributed by atoms with E-state index in [-0.39, 0.29) is 11.0 Å². The number of rotatable bonds is 3. The van der Waals surface area contributed by atoms with Crippen molar-refractivity contribution >= 4 is 0 Å². The molecule has 1 aliphatic rings. The zero-order chi connectivity index (χ0) is 14.6. The van der Waals surface area contributed by atoms with Gasteiger partial charge < -0.3 is 9.73 Å². The molecule has 102 valence electrons. The zero-order valence-corrected chi connectivity index (χ0v) is 11.7. The van der Waals surface area contributed by atoms with Crippen LogP contribution in [0.2, 0.25) is 0 Å². The summed E-state index contributed by atoms with van der Waals surface area (Å²) in [5, 5.41) is 21.4. The van der Waals surface area contributed by atoms with Crippen LogP contribution in [0.3, 0.4) is 0 Å². The molecule has 1 aromatic heterocycles. The molecule has 0 unspecified atom stereocenters. The maximum Gasteiger partial charge on any atom is 0.132 e. The number of nitrogens with one attached hydrogen (secondary N) is 1. The minimum atomic E-state index is 0.0362. The van der Waals surface area contributed by atoms with Gasteiger partial charge >= 0.3 is 0 Å². The van der Waals surface area contributed by atoms with Crippen molar-refractivity contribution in [2.75, 3.05) is 0 Å². The molecular weight excluding hydrogens is 250 g/mol. The highest BCUT2D eigenvalue weighted by Crippen LogP contribution is 2.38. The van der Waals surface area contributed by atoms with Crippen LogP contribution >= 0.6 is 0 Å². The lowest BCUT2D eigenvalue weighted by Gasteiger charge is -2.31. The molecule has 0 radical (unpaired) electrons. The van der Waals surface area contributed by atoms with Crippen LogP contribution in [0.5, 0.6) is 0 Å². The lowest BCUT2D eigenvalue weighted by molar-refractivity contribution is 0.339. The number of furan rings is 1. The molecular formula is C16H17N3O. The van der Waals surface area contributed by atoms with E-state index in [9.17, 15) is 0 Å². The van der Waals surface area contributed by atoms with Gasteiger partial charge in [0.15, 0.2) is 0 Å². The van der Waals surface area contributed by atoms with Gasteiger partial charge in [-0.15, -0.1) is 0 Å². The molecule has 0 spiro atoms. The molecule has 2 rings (SSSR count). The number of hydrogen-bond donors (Lipinski definition) is 1. The number of nitriles is 2. The Labute approximate surface area is 119 Å². The normalized spacial score (nSPS) is 16.8. The highest BCUT2D eigenvalue weighted by Gasteiger charge is 2.27. The van der Waals surface area contributed by atoms with Gasteiger partial charge in [0.25, 0.3) is 0 Å². The van der Waals surface area contributed by atoms with E-state index >= 15 is 0 Å². The van der Waals surface area contributed by atoms with Crippen molar-refractivity contribution < 1.29 is 4.42 Å². The molecule has 0 aromatic carbocycles. The zero-order valence-electron chi connectivity index (χ0n) is 11.7. The maximum absolute atomic E-state index is 9.02. The SMILES string of the molecule is CC1(C)CC(NCc2ccco2)=CC(=C(C#N)C#N)C1. The van der Waals surface area contributed by atoms with Crippen LogP contribution < -0.4 is 5.32 Å². The van der Waals surface area contributed by atoms with Gasteiger partial charge in [0.1, 0.15) is 23.5 Å². The molecule has 1 aromatic rings. The predicted octanol–water partition coefficient (Wildman–Crippen LogP) is 3.42. The Morgan fingerprint density at radius 3 is 2.70 bits per heavy atom. The first-order chi connectivity index (χ1) is 9.54. The molecule has 20 heavy (non-hydrogen) atoms. The molecule has 0 saturated carbocycles. The van der Waals surface area contributed by atoms with E-state index in [1.807, 2.05) is 30.3 Å². The Balaban J connectivity index is 2.21. The monoisotopic (exact) mass is 267 g/mol. The summed E-state index contributed by atoms with van der Waals surface area (Å²) in [5.41, 5.74) is 2.09. The first-order valence-corrected chi connectivity index (χ1v) is 6.54. The van der Waals surface area contributed by atoms with Crippen LogP contribution in [0.25, 0.3) is 0 Å². The molecule has 0 fully saturated rings. The smallest absolute Gasteiger partial charge is 0.132 e. The molecule has 0 atom stereocenters. The first-order valence-electron chi connectivity index (χ1n) is 6.54. The van der Waals surface area contributed by atoms with Crippen molar-refractivity contribution in [2.45, 2.75) is 33.2 Å². The standard InChI is InChI=1S/C16H17N3O/c1-16(2)7-12(13(9-17)10-18)6-14(8-16)19-11-15-4-3-5-20-15/h3-6,19H,7-8,11H2,1-2H3. The fourth-order valence-electron chi connectivity index (χ4n) is 2.46. The average molecular weight is 267 g/mol.